The van der Waals surface area contributed by atoms with Crippen LogP contribution >= 0.6 is 0 Å². The standard InChI is InChI=1S/C18H27NO7/c1-11(2)15(18(25)26-10-12-6-4-3-5-7-12)19-8-13(21)16(23)17(24)14(22)9-20/h3-7,11,14-17,19-20,22-24H,8-10H2,1-2H3/t14-,15+,16-,17-/m1/s1. The van der Waals surface area contributed by atoms with Crippen molar-refractivity contribution < 1.29 is 34.8 Å². The Morgan fingerprint density at radius 2 is 1.73 bits per heavy atom. The Hall–Kier alpha value is -1.84. The van der Waals surface area contributed by atoms with Gasteiger partial charge in [-0.3, -0.25) is 14.9 Å². The van der Waals surface area contributed by atoms with Crippen molar-refractivity contribution in [3.63, 3.8) is 0 Å². The van der Waals surface area contributed by atoms with Gasteiger partial charge in [-0.2, -0.15) is 0 Å². The van der Waals surface area contributed by atoms with Crippen LogP contribution in [-0.2, 0) is 20.9 Å². The molecule has 0 saturated carbocycles. The molecule has 1 rings (SSSR count). The molecule has 0 aromatic heterocycles. The highest BCUT2D eigenvalue weighted by Gasteiger charge is 2.31. The smallest absolute Gasteiger partial charge is 0.323 e. The van der Waals surface area contributed by atoms with Gasteiger partial charge < -0.3 is 25.2 Å². The number of aliphatic hydroxyl groups excluding tert-OH is 4. The predicted octanol–water partition coefficient (Wildman–Crippen LogP) is -1.01. The minimum Gasteiger partial charge on any atom is -0.460 e. The Morgan fingerprint density at radius 1 is 1.12 bits per heavy atom. The molecule has 0 aliphatic carbocycles. The Bertz CT molecular complexity index is 564. The first-order chi connectivity index (χ1) is 12.3. The molecule has 8 nitrogen and oxygen atoms in total. The number of hydrogen-bond acceptors (Lipinski definition) is 8. The van der Waals surface area contributed by atoms with Gasteiger partial charge in [-0.1, -0.05) is 44.2 Å². The van der Waals surface area contributed by atoms with Gasteiger partial charge >= 0.3 is 5.97 Å². The molecule has 0 fully saturated rings. The highest BCUT2D eigenvalue weighted by molar-refractivity contribution is 5.86. The zero-order valence-electron chi connectivity index (χ0n) is 14.9. The van der Waals surface area contributed by atoms with E-state index in [1.165, 1.54) is 0 Å². The number of carbonyl (C=O) groups is 2. The molecular weight excluding hydrogens is 342 g/mol. The van der Waals surface area contributed by atoms with E-state index in [4.69, 9.17) is 9.84 Å². The topological polar surface area (TPSA) is 136 Å². The Balaban J connectivity index is 2.56. The second-order valence-electron chi connectivity index (χ2n) is 6.35. The fourth-order valence-corrected chi connectivity index (χ4v) is 2.23. The van der Waals surface area contributed by atoms with Crippen LogP contribution < -0.4 is 5.32 Å². The lowest BCUT2D eigenvalue weighted by Crippen LogP contribution is -2.50. The van der Waals surface area contributed by atoms with Crippen molar-refractivity contribution in [1.82, 2.24) is 5.32 Å². The maximum atomic E-state index is 12.2. The minimum absolute atomic E-state index is 0.0998. The van der Waals surface area contributed by atoms with E-state index in [1.54, 1.807) is 13.8 Å². The molecule has 146 valence electrons. The van der Waals surface area contributed by atoms with Crippen LogP contribution in [0.3, 0.4) is 0 Å². The molecule has 0 amide bonds. The number of rotatable bonds is 11. The lowest BCUT2D eigenvalue weighted by molar-refractivity contribution is -0.149. The Labute approximate surface area is 152 Å². The highest BCUT2D eigenvalue weighted by atomic mass is 16.5. The number of ketones is 1. The van der Waals surface area contributed by atoms with Gasteiger partial charge in [-0.15, -0.1) is 0 Å². The fraction of sp³-hybridized carbons (Fsp3) is 0.556. The van der Waals surface area contributed by atoms with Crippen molar-refractivity contribution in [3.8, 4) is 0 Å². The molecule has 0 aliphatic heterocycles. The van der Waals surface area contributed by atoms with Crippen LogP contribution in [0.1, 0.15) is 19.4 Å². The molecule has 0 spiro atoms. The largest absolute Gasteiger partial charge is 0.460 e. The van der Waals surface area contributed by atoms with E-state index >= 15 is 0 Å². The molecule has 0 radical (unpaired) electrons. The molecule has 0 unspecified atom stereocenters. The van der Waals surface area contributed by atoms with Crippen LogP contribution in [-0.4, -0.2) is 69.7 Å². The van der Waals surface area contributed by atoms with Crippen LogP contribution in [0.5, 0.6) is 0 Å². The maximum absolute atomic E-state index is 12.2. The summed E-state index contributed by atoms with van der Waals surface area (Å²) in [5.41, 5.74) is 0.830. The van der Waals surface area contributed by atoms with Crippen LogP contribution in [0.15, 0.2) is 30.3 Å². The first kappa shape index (κ1) is 22.2. The summed E-state index contributed by atoms with van der Waals surface area (Å²) >= 11 is 0. The van der Waals surface area contributed by atoms with Gasteiger partial charge in [0, 0.05) is 0 Å². The Morgan fingerprint density at radius 3 is 2.27 bits per heavy atom. The van der Waals surface area contributed by atoms with E-state index < -0.39 is 49.3 Å². The summed E-state index contributed by atoms with van der Waals surface area (Å²) in [6, 6.07) is 8.36. The number of ether oxygens (including phenoxy) is 1. The van der Waals surface area contributed by atoms with E-state index in [0.29, 0.717) is 0 Å². The van der Waals surface area contributed by atoms with Crippen LogP contribution in [0, 0.1) is 5.92 Å². The zero-order valence-corrected chi connectivity index (χ0v) is 14.9. The molecule has 0 saturated heterocycles. The number of carbonyl (C=O) groups excluding carboxylic acids is 2. The quantitative estimate of drug-likeness (QED) is 0.313. The predicted molar refractivity (Wildman–Crippen MR) is 93.0 cm³/mol. The maximum Gasteiger partial charge on any atom is 0.323 e. The van der Waals surface area contributed by atoms with E-state index in [-0.39, 0.29) is 12.5 Å². The number of benzene rings is 1. The summed E-state index contributed by atoms with van der Waals surface area (Å²) in [6.45, 7) is 2.45. The summed E-state index contributed by atoms with van der Waals surface area (Å²) in [5.74, 6) is -1.54. The van der Waals surface area contributed by atoms with Crippen molar-refractivity contribution in [2.75, 3.05) is 13.2 Å². The first-order valence-corrected chi connectivity index (χ1v) is 8.39. The minimum atomic E-state index is -1.88. The van der Waals surface area contributed by atoms with Crippen molar-refractivity contribution in [1.29, 1.82) is 0 Å². The number of esters is 1. The van der Waals surface area contributed by atoms with Gasteiger partial charge in [-0.05, 0) is 11.5 Å². The van der Waals surface area contributed by atoms with Gasteiger partial charge in [-0.25, -0.2) is 0 Å². The van der Waals surface area contributed by atoms with Gasteiger partial charge in [0.25, 0.3) is 0 Å². The zero-order chi connectivity index (χ0) is 19.7. The fourth-order valence-electron chi connectivity index (χ4n) is 2.23. The molecule has 8 heteroatoms. The lowest BCUT2D eigenvalue weighted by atomic mass is 10.0. The first-order valence-electron chi connectivity index (χ1n) is 8.39. The number of aliphatic hydroxyl groups is 4. The molecule has 0 aliphatic rings. The monoisotopic (exact) mass is 369 g/mol. The second kappa shape index (κ2) is 11.0. The van der Waals surface area contributed by atoms with Crippen LogP contribution in [0.25, 0.3) is 0 Å². The summed E-state index contributed by atoms with van der Waals surface area (Å²) in [7, 11) is 0. The third kappa shape index (κ3) is 6.81. The molecule has 1 aromatic carbocycles. The van der Waals surface area contributed by atoms with Crippen molar-refractivity contribution in [2.45, 2.75) is 44.8 Å². The normalized spacial score (nSPS) is 16.0. The summed E-state index contributed by atoms with van der Waals surface area (Å²) in [6.07, 6.45) is -5.32. The summed E-state index contributed by atoms with van der Waals surface area (Å²) in [5, 5.41) is 40.0. The van der Waals surface area contributed by atoms with E-state index in [1.807, 2.05) is 30.3 Å². The van der Waals surface area contributed by atoms with Crippen molar-refractivity contribution in [3.05, 3.63) is 35.9 Å². The van der Waals surface area contributed by atoms with Gasteiger partial charge in [0.15, 0.2) is 5.78 Å². The molecule has 0 bridgehead atoms. The molecule has 0 heterocycles. The van der Waals surface area contributed by atoms with Crippen LogP contribution in [0.4, 0.5) is 0 Å². The van der Waals surface area contributed by atoms with E-state index in [2.05, 4.69) is 5.32 Å². The molecule has 4 atom stereocenters. The van der Waals surface area contributed by atoms with E-state index in [0.717, 1.165) is 5.56 Å². The SMILES string of the molecule is CC(C)[C@H](NCC(=O)[C@@H](O)[C@H](O)[C@H](O)CO)C(=O)OCc1ccccc1. The Kier molecular flexibility index (Phi) is 9.39. The lowest BCUT2D eigenvalue weighted by Gasteiger charge is -2.23. The molecule has 26 heavy (non-hydrogen) atoms. The van der Waals surface area contributed by atoms with Crippen molar-refractivity contribution >= 4 is 11.8 Å². The third-order valence-corrected chi connectivity index (χ3v) is 3.88. The molecular formula is C18H27NO7. The van der Waals surface area contributed by atoms with Gasteiger partial charge in [0.1, 0.15) is 31.0 Å². The average Bonchev–Trinajstić information content (AvgIpc) is 2.64. The number of hydrogen-bond donors (Lipinski definition) is 5. The number of Topliss-reactive ketones (excluding diaryl/α,β-unsaturated/α-hetero) is 1. The second-order valence-corrected chi connectivity index (χ2v) is 6.35. The van der Waals surface area contributed by atoms with Gasteiger partial charge in [0.05, 0.1) is 13.2 Å². The number of nitrogens with one attached hydrogen (secondary N) is 1. The summed E-state index contributed by atoms with van der Waals surface area (Å²) in [4.78, 5) is 24.2. The third-order valence-electron chi connectivity index (χ3n) is 3.88. The molecule has 5 N–H and O–H groups in total. The molecule has 1 aromatic rings. The van der Waals surface area contributed by atoms with E-state index in [9.17, 15) is 24.9 Å². The van der Waals surface area contributed by atoms with Gasteiger partial charge in [0.2, 0.25) is 0 Å². The van der Waals surface area contributed by atoms with Crippen molar-refractivity contribution in [2.24, 2.45) is 5.92 Å². The average molecular weight is 369 g/mol. The highest BCUT2D eigenvalue weighted by Crippen LogP contribution is 2.08. The summed E-state index contributed by atoms with van der Waals surface area (Å²) < 4.78 is 5.25. The van der Waals surface area contributed by atoms with Crippen LogP contribution in [0.2, 0.25) is 0 Å².